The number of carbonyl (C=O) groups is 1. The van der Waals surface area contributed by atoms with Gasteiger partial charge in [-0.1, -0.05) is 35.9 Å². The maximum absolute atomic E-state index is 12.1. The average Bonchev–Trinajstić information content (AvgIpc) is 3.25. The van der Waals surface area contributed by atoms with E-state index in [1.165, 1.54) is 0 Å². The van der Waals surface area contributed by atoms with E-state index in [-0.39, 0.29) is 12.4 Å². The van der Waals surface area contributed by atoms with Gasteiger partial charge >= 0.3 is 5.97 Å². The highest BCUT2D eigenvalue weighted by molar-refractivity contribution is 5.78. The summed E-state index contributed by atoms with van der Waals surface area (Å²) in [6, 6.07) is 18.9. The molecule has 6 heteroatoms. The van der Waals surface area contributed by atoms with Gasteiger partial charge in [0.1, 0.15) is 11.3 Å². The van der Waals surface area contributed by atoms with Crippen LogP contribution in [0.25, 0.3) is 22.2 Å². The van der Waals surface area contributed by atoms with Gasteiger partial charge in [0, 0.05) is 18.7 Å². The zero-order valence-corrected chi connectivity index (χ0v) is 21.1. The molecule has 0 saturated carbocycles. The highest BCUT2D eigenvalue weighted by Crippen LogP contribution is 2.35. The van der Waals surface area contributed by atoms with E-state index >= 15 is 0 Å². The molecule has 6 nitrogen and oxygen atoms in total. The number of hydrogen-bond acceptors (Lipinski definition) is 6. The Morgan fingerprint density at radius 3 is 2.49 bits per heavy atom. The van der Waals surface area contributed by atoms with Crippen LogP contribution < -0.4 is 9.64 Å². The smallest absolute Gasteiger partial charge is 0.310 e. The number of carbonyl (C=O) groups excluding carboxylic acids is 1. The number of ether oxygens (including phenoxy) is 2. The van der Waals surface area contributed by atoms with Crippen LogP contribution in [-0.2, 0) is 22.5 Å². The second kappa shape index (κ2) is 10.6. The molecular weight excluding hydrogens is 440 g/mol. The summed E-state index contributed by atoms with van der Waals surface area (Å²) >= 11 is 0. The lowest BCUT2D eigenvalue weighted by atomic mass is 9.94. The van der Waals surface area contributed by atoms with Crippen molar-refractivity contribution in [1.29, 1.82) is 0 Å². The van der Waals surface area contributed by atoms with Gasteiger partial charge in [-0.3, -0.25) is 4.79 Å². The lowest BCUT2D eigenvalue weighted by Crippen LogP contribution is -2.22. The fourth-order valence-electron chi connectivity index (χ4n) is 4.25. The van der Waals surface area contributed by atoms with Gasteiger partial charge in [0.25, 0.3) is 6.01 Å². The summed E-state index contributed by atoms with van der Waals surface area (Å²) in [6.07, 6.45) is 0.218. The number of hydrogen-bond donors (Lipinski definition) is 0. The topological polar surface area (TPSA) is 64.8 Å². The number of rotatable bonds is 9. The van der Waals surface area contributed by atoms with Crippen LogP contribution in [0.3, 0.4) is 0 Å². The monoisotopic (exact) mass is 472 g/mol. The van der Waals surface area contributed by atoms with Gasteiger partial charge in [-0.05, 0) is 74.2 Å². The molecule has 4 rings (SSSR count). The van der Waals surface area contributed by atoms with Crippen LogP contribution in [0.1, 0.15) is 36.1 Å². The molecule has 0 amide bonds. The number of benzene rings is 3. The van der Waals surface area contributed by atoms with Crippen molar-refractivity contribution in [3.8, 4) is 16.9 Å². The van der Waals surface area contributed by atoms with Crippen molar-refractivity contribution < 1.29 is 18.7 Å². The number of aromatic nitrogens is 1. The number of fused-ring (bicyclic) bond motifs is 1. The van der Waals surface area contributed by atoms with Crippen LogP contribution in [-0.4, -0.2) is 31.2 Å². The van der Waals surface area contributed by atoms with Crippen molar-refractivity contribution in [3.63, 3.8) is 0 Å². The molecule has 0 bridgehead atoms. The fraction of sp³-hybridized carbons (Fsp3) is 0.310. The normalized spacial score (nSPS) is 11.0. The molecule has 0 atom stereocenters. The lowest BCUT2D eigenvalue weighted by Gasteiger charge is -2.22. The van der Waals surface area contributed by atoms with Crippen LogP contribution in [0.5, 0.6) is 5.75 Å². The van der Waals surface area contributed by atoms with Crippen molar-refractivity contribution in [2.45, 2.75) is 40.7 Å². The Labute approximate surface area is 206 Å². The summed E-state index contributed by atoms with van der Waals surface area (Å²) in [5.41, 5.74) is 7.94. The van der Waals surface area contributed by atoms with Gasteiger partial charge in [-0.25, -0.2) is 0 Å². The van der Waals surface area contributed by atoms with Gasteiger partial charge in [0.2, 0.25) is 0 Å². The summed E-state index contributed by atoms with van der Waals surface area (Å²) in [7, 11) is 1.66. The van der Waals surface area contributed by atoms with E-state index in [1.54, 1.807) is 7.11 Å². The van der Waals surface area contributed by atoms with E-state index in [0.29, 0.717) is 19.2 Å². The standard InChI is InChI=1S/C29H32N2O4/c1-6-31(29-30-25-15-20(4)9-12-27(25)35-29)18-22-14-19(3)8-11-23(22)24-16-21(10-13-26(24)33-5)17-28(32)34-7-2/h8-16H,6-7,17-18H2,1-5H3. The fourth-order valence-corrected chi connectivity index (χ4v) is 4.25. The number of oxazole rings is 1. The first-order chi connectivity index (χ1) is 16.9. The Morgan fingerprint density at radius 1 is 0.971 bits per heavy atom. The highest BCUT2D eigenvalue weighted by atomic mass is 16.5. The van der Waals surface area contributed by atoms with Crippen molar-refractivity contribution in [1.82, 2.24) is 4.98 Å². The van der Waals surface area contributed by atoms with Crippen molar-refractivity contribution in [3.05, 3.63) is 76.9 Å². The quantitative estimate of drug-likeness (QED) is 0.268. The Bertz CT molecular complexity index is 1340. The maximum Gasteiger partial charge on any atom is 0.310 e. The van der Waals surface area contributed by atoms with Crippen LogP contribution >= 0.6 is 0 Å². The third-order valence-electron chi connectivity index (χ3n) is 6.01. The lowest BCUT2D eigenvalue weighted by molar-refractivity contribution is -0.142. The van der Waals surface area contributed by atoms with Crippen LogP contribution in [0.2, 0.25) is 0 Å². The molecule has 0 fully saturated rings. The predicted octanol–water partition coefficient (Wildman–Crippen LogP) is 6.25. The highest BCUT2D eigenvalue weighted by Gasteiger charge is 2.18. The second-order valence-corrected chi connectivity index (χ2v) is 8.66. The van der Waals surface area contributed by atoms with Gasteiger partial charge in [-0.2, -0.15) is 4.98 Å². The zero-order valence-electron chi connectivity index (χ0n) is 21.1. The summed E-state index contributed by atoms with van der Waals surface area (Å²) < 4.78 is 16.9. The van der Waals surface area contributed by atoms with E-state index < -0.39 is 0 Å². The minimum atomic E-state index is -0.240. The van der Waals surface area contributed by atoms with E-state index in [2.05, 4.69) is 36.9 Å². The third-order valence-corrected chi connectivity index (χ3v) is 6.01. The van der Waals surface area contributed by atoms with Crippen molar-refractivity contribution >= 4 is 23.1 Å². The van der Waals surface area contributed by atoms with E-state index in [4.69, 9.17) is 18.9 Å². The predicted molar refractivity (Wildman–Crippen MR) is 139 cm³/mol. The van der Waals surface area contributed by atoms with E-state index in [1.807, 2.05) is 50.2 Å². The van der Waals surface area contributed by atoms with E-state index in [9.17, 15) is 4.79 Å². The molecule has 0 aliphatic heterocycles. The minimum absolute atomic E-state index is 0.218. The molecule has 4 aromatic rings. The van der Waals surface area contributed by atoms with Crippen LogP contribution in [0, 0.1) is 13.8 Å². The zero-order chi connectivity index (χ0) is 24.9. The van der Waals surface area contributed by atoms with E-state index in [0.717, 1.165) is 56.8 Å². The summed E-state index contributed by atoms with van der Waals surface area (Å²) in [6.45, 7) is 9.76. The number of esters is 1. The maximum atomic E-state index is 12.1. The average molecular weight is 473 g/mol. The van der Waals surface area contributed by atoms with Gasteiger partial charge in [-0.15, -0.1) is 0 Å². The minimum Gasteiger partial charge on any atom is -0.496 e. The summed E-state index contributed by atoms with van der Waals surface area (Å²) in [5.74, 6) is 0.513. The van der Waals surface area contributed by atoms with Gasteiger partial charge in [0.05, 0.1) is 20.1 Å². The molecule has 0 radical (unpaired) electrons. The molecule has 1 heterocycles. The molecular formula is C29H32N2O4. The molecule has 0 aliphatic rings. The largest absolute Gasteiger partial charge is 0.496 e. The van der Waals surface area contributed by atoms with Crippen LogP contribution in [0.4, 0.5) is 6.01 Å². The number of methoxy groups -OCH3 is 1. The molecule has 1 aromatic heterocycles. The first-order valence-electron chi connectivity index (χ1n) is 12.0. The SMILES string of the molecule is CCOC(=O)Cc1ccc(OC)c(-c2ccc(C)cc2CN(CC)c2nc3cc(C)ccc3o2)c1. The Balaban J connectivity index is 1.72. The molecule has 0 N–H and O–H groups in total. The molecule has 35 heavy (non-hydrogen) atoms. The van der Waals surface area contributed by atoms with Gasteiger partial charge in [0.15, 0.2) is 5.58 Å². The molecule has 3 aromatic carbocycles. The number of nitrogens with zero attached hydrogens (tertiary/aromatic N) is 2. The first kappa shape index (κ1) is 24.3. The van der Waals surface area contributed by atoms with Crippen LogP contribution in [0.15, 0.2) is 59.0 Å². The molecule has 0 spiro atoms. The summed E-state index contributed by atoms with van der Waals surface area (Å²) in [5, 5.41) is 0. The van der Waals surface area contributed by atoms with Crippen molar-refractivity contribution in [2.75, 3.05) is 25.2 Å². The third kappa shape index (κ3) is 5.48. The Kier molecular flexibility index (Phi) is 7.39. The number of anilines is 1. The summed E-state index contributed by atoms with van der Waals surface area (Å²) in [4.78, 5) is 19.0. The first-order valence-corrected chi connectivity index (χ1v) is 12.0. The second-order valence-electron chi connectivity index (χ2n) is 8.66. The Morgan fingerprint density at radius 2 is 1.74 bits per heavy atom. The van der Waals surface area contributed by atoms with Gasteiger partial charge < -0.3 is 18.8 Å². The molecule has 0 aliphatic carbocycles. The Hall–Kier alpha value is -3.80. The molecule has 0 saturated heterocycles. The number of aryl methyl sites for hydroxylation is 2. The molecule has 182 valence electrons. The molecule has 0 unspecified atom stereocenters. The van der Waals surface area contributed by atoms with Crippen molar-refractivity contribution in [2.24, 2.45) is 0 Å².